The van der Waals surface area contributed by atoms with Gasteiger partial charge >= 0.3 is 0 Å². The standard InChI is InChI=1S/C10H17N5/c1-7-5-9(15(2)14-7)6-12-10(11)13-8-3-4-8/h5,8H,3-4,6H2,1-2H3,(H3,11,12,13). The normalized spacial score (nSPS) is 16.8. The lowest BCUT2D eigenvalue weighted by Crippen LogP contribution is -2.33. The molecule has 5 heteroatoms. The molecule has 3 N–H and O–H groups in total. The molecule has 0 spiro atoms. The average molecular weight is 207 g/mol. The molecule has 0 bridgehead atoms. The zero-order chi connectivity index (χ0) is 10.8. The van der Waals surface area contributed by atoms with Crippen molar-refractivity contribution < 1.29 is 0 Å². The molecule has 1 aromatic rings. The van der Waals surface area contributed by atoms with Gasteiger partial charge in [-0.15, -0.1) is 0 Å². The van der Waals surface area contributed by atoms with E-state index in [9.17, 15) is 0 Å². The van der Waals surface area contributed by atoms with Gasteiger partial charge in [-0.1, -0.05) is 0 Å². The highest BCUT2D eigenvalue weighted by molar-refractivity contribution is 5.78. The Morgan fingerprint density at radius 2 is 2.47 bits per heavy atom. The molecule has 1 aliphatic rings. The number of nitrogens with one attached hydrogen (secondary N) is 1. The summed E-state index contributed by atoms with van der Waals surface area (Å²) in [6.45, 7) is 2.56. The number of nitrogens with zero attached hydrogens (tertiary/aromatic N) is 3. The Morgan fingerprint density at radius 1 is 1.73 bits per heavy atom. The molecule has 1 heterocycles. The van der Waals surface area contributed by atoms with E-state index in [0.717, 1.165) is 11.4 Å². The molecular formula is C10H17N5. The van der Waals surface area contributed by atoms with Crippen molar-refractivity contribution in [2.45, 2.75) is 32.4 Å². The summed E-state index contributed by atoms with van der Waals surface area (Å²) in [5, 5.41) is 7.40. The lowest BCUT2D eigenvalue weighted by molar-refractivity contribution is 0.704. The molecule has 0 saturated heterocycles. The van der Waals surface area contributed by atoms with E-state index >= 15 is 0 Å². The fourth-order valence-corrected chi connectivity index (χ4v) is 1.46. The fraction of sp³-hybridized carbons (Fsp3) is 0.600. The van der Waals surface area contributed by atoms with E-state index in [1.54, 1.807) is 0 Å². The maximum Gasteiger partial charge on any atom is 0.189 e. The van der Waals surface area contributed by atoms with Crippen molar-refractivity contribution in [3.8, 4) is 0 Å². The molecule has 0 aromatic carbocycles. The van der Waals surface area contributed by atoms with Gasteiger partial charge in [0.2, 0.25) is 0 Å². The highest BCUT2D eigenvalue weighted by Crippen LogP contribution is 2.18. The van der Waals surface area contributed by atoms with E-state index < -0.39 is 0 Å². The van der Waals surface area contributed by atoms with E-state index in [1.807, 2.05) is 24.7 Å². The molecule has 0 aliphatic heterocycles. The zero-order valence-corrected chi connectivity index (χ0v) is 9.20. The topological polar surface area (TPSA) is 68.2 Å². The molecule has 15 heavy (non-hydrogen) atoms. The van der Waals surface area contributed by atoms with Gasteiger partial charge in [0.1, 0.15) is 0 Å². The quantitative estimate of drug-likeness (QED) is 0.553. The predicted molar refractivity (Wildman–Crippen MR) is 59.4 cm³/mol. The molecule has 0 unspecified atom stereocenters. The Bertz CT molecular complexity index is 375. The number of rotatable bonds is 3. The van der Waals surface area contributed by atoms with E-state index in [2.05, 4.69) is 15.4 Å². The Hall–Kier alpha value is -1.52. The maximum atomic E-state index is 5.73. The van der Waals surface area contributed by atoms with Crippen LogP contribution in [-0.4, -0.2) is 21.8 Å². The van der Waals surface area contributed by atoms with Crippen molar-refractivity contribution in [3.63, 3.8) is 0 Å². The second-order valence-electron chi connectivity index (χ2n) is 4.02. The van der Waals surface area contributed by atoms with Crippen LogP contribution in [0.3, 0.4) is 0 Å². The molecule has 1 aromatic heterocycles. The van der Waals surface area contributed by atoms with Gasteiger partial charge in [-0.2, -0.15) is 5.10 Å². The van der Waals surface area contributed by atoms with Crippen LogP contribution in [0.1, 0.15) is 24.2 Å². The van der Waals surface area contributed by atoms with E-state index in [4.69, 9.17) is 5.73 Å². The second-order valence-corrected chi connectivity index (χ2v) is 4.02. The van der Waals surface area contributed by atoms with Crippen LogP contribution in [0.25, 0.3) is 0 Å². The number of aromatic nitrogens is 2. The predicted octanol–water partition coefficient (Wildman–Crippen LogP) is 0.295. The molecule has 1 fully saturated rings. The number of hydrogen-bond donors (Lipinski definition) is 2. The van der Waals surface area contributed by atoms with Crippen LogP contribution in [0, 0.1) is 6.92 Å². The molecule has 2 rings (SSSR count). The van der Waals surface area contributed by atoms with Crippen molar-refractivity contribution >= 4 is 5.96 Å². The first-order valence-corrected chi connectivity index (χ1v) is 5.21. The van der Waals surface area contributed by atoms with E-state index in [0.29, 0.717) is 18.5 Å². The minimum atomic E-state index is 0.538. The summed E-state index contributed by atoms with van der Waals surface area (Å²) < 4.78 is 1.84. The largest absolute Gasteiger partial charge is 0.370 e. The molecule has 5 nitrogen and oxygen atoms in total. The highest BCUT2D eigenvalue weighted by Gasteiger charge is 2.21. The third-order valence-corrected chi connectivity index (χ3v) is 2.44. The monoisotopic (exact) mass is 207 g/mol. The Labute approximate surface area is 89.4 Å². The zero-order valence-electron chi connectivity index (χ0n) is 9.20. The SMILES string of the molecule is Cc1cc(CN=C(N)NC2CC2)n(C)n1. The van der Waals surface area contributed by atoms with Crippen molar-refractivity contribution in [3.05, 3.63) is 17.5 Å². The summed E-state index contributed by atoms with van der Waals surface area (Å²) in [6, 6.07) is 2.58. The average Bonchev–Trinajstić information content (AvgIpc) is 2.89. The number of aliphatic imine (C=N–C) groups is 1. The van der Waals surface area contributed by atoms with Crippen molar-refractivity contribution in [2.75, 3.05) is 0 Å². The third-order valence-electron chi connectivity index (χ3n) is 2.44. The first-order valence-electron chi connectivity index (χ1n) is 5.21. The van der Waals surface area contributed by atoms with Crippen LogP contribution in [0.4, 0.5) is 0 Å². The lowest BCUT2D eigenvalue weighted by Gasteiger charge is -2.02. The summed E-state index contributed by atoms with van der Waals surface area (Å²) in [5.74, 6) is 0.538. The van der Waals surface area contributed by atoms with Crippen LogP contribution in [-0.2, 0) is 13.6 Å². The van der Waals surface area contributed by atoms with Crippen molar-refractivity contribution in [2.24, 2.45) is 17.8 Å². The van der Waals surface area contributed by atoms with E-state index in [-0.39, 0.29) is 0 Å². The fourth-order valence-electron chi connectivity index (χ4n) is 1.46. The highest BCUT2D eigenvalue weighted by atomic mass is 15.3. The van der Waals surface area contributed by atoms with Crippen LogP contribution in [0.15, 0.2) is 11.1 Å². The minimum absolute atomic E-state index is 0.538. The second kappa shape index (κ2) is 3.92. The number of nitrogens with two attached hydrogens (primary N) is 1. The van der Waals surface area contributed by atoms with Crippen LogP contribution < -0.4 is 11.1 Å². The van der Waals surface area contributed by atoms with Gasteiger partial charge in [-0.25, -0.2) is 4.99 Å². The van der Waals surface area contributed by atoms with Crippen molar-refractivity contribution in [1.29, 1.82) is 0 Å². The summed E-state index contributed by atoms with van der Waals surface area (Å²) in [5.41, 5.74) is 7.82. The van der Waals surface area contributed by atoms with Crippen LogP contribution >= 0.6 is 0 Å². The van der Waals surface area contributed by atoms with Gasteiger partial charge in [0.15, 0.2) is 5.96 Å². The molecule has 0 radical (unpaired) electrons. The van der Waals surface area contributed by atoms with Crippen LogP contribution in [0.5, 0.6) is 0 Å². The lowest BCUT2D eigenvalue weighted by atomic mass is 10.4. The van der Waals surface area contributed by atoms with Gasteiger partial charge in [0.25, 0.3) is 0 Å². The molecule has 1 aliphatic carbocycles. The maximum absolute atomic E-state index is 5.73. The van der Waals surface area contributed by atoms with Gasteiger partial charge in [-0.05, 0) is 25.8 Å². The molecule has 82 valence electrons. The summed E-state index contributed by atoms with van der Waals surface area (Å²) >= 11 is 0. The van der Waals surface area contributed by atoms with Gasteiger partial charge in [0, 0.05) is 13.1 Å². The van der Waals surface area contributed by atoms with Crippen molar-refractivity contribution in [1.82, 2.24) is 15.1 Å². The molecule has 0 amide bonds. The Kier molecular flexibility index (Phi) is 2.62. The Balaban J connectivity index is 1.93. The minimum Gasteiger partial charge on any atom is -0.370 e. The summed E-state index contributed by atoms with van der Waals surface area (Å²) in [4.78, 5) is 4.27. The number of aryl methyl sites for hydroxylation is 2. The van der Waals surface area contributed by atoms with Gasteiger partial charge < -0.3 is 11.1 Å². The first-order chi connectivity index (χ1) is 7.15. The van der Waals surface area contributed by atoms with Gasteiger partial charge in [-0.3, -0.25) is 4.68 Å². The smallest absolute Gasteiger partial charge is 0.189 e. The third kappa shape index (κ3) is 2.71. The number of hydrogen-bond acceptors (Lipinski definition) is 2. The van der Waals surface area contributed by atoms with Crippen LogP contribution in [0.2, 0.25) is 0 Å². The molecule has 0 atom stereocenters. The Morgan fingerprint density at radius 3 is 3.00 bits per heavy atom. The molecular weight excluding hydrogens is 190 g/mol. The summed E-state index contributed by atoms with van der Waals surface area (Å²) in [7, 11) is 1.92. The molecule has 1 saturated carbocycles. The van der Waals surface area contributed by atoms with Gasteiger partial charge in [0.05, 0.1) is 17.9 Å². The first kappa shape index (κ1) is 10.0. The summed E-state index contributed by atoms with van der Waals surface area (Å²) in [6.07, 6.45) is 2.42. The van der Waals surface area contributed by atoms with E-state index in [1.165, 1.54) is 12.8 Å². The number of guanidine groups is 1.